The maximum atomic E-state index is 11.9. The van der Waals surface area contributed by atoms with E-state index in [0.717, 1.165) is 21.6 Å². The van der Waals surface area contributed by atoms with Crippen molar-refractivity contribution in [3.05, 3.63) is 62.5 Å². The second-order valence-electron chi connectivity index (χ2n) is 5.10. The number of aliphatic imine (C=N–C) groups is 1. The zero-order valence-corrected chi connectivity index (χ0v) is 13.0. The monoisotopic (exact) mass is 297 g/mol. The van der Waals surface area contributed by atoms with Gasteiger partial charge in [-0.2, -0.15) is 0 Å². The Morgan fingerprint density at radius 3 is 2.57 bits per heavy atom. The molecule has 0 unspecified atom stereocenters. The molecule has 1 aliphatic rings. The first-order valence-corrected chi connectivity index (χ1v) is 7.57. The van der Waals surface area contributed by atoms with Gasteiger partial charge in [0.15, 0.2) is 5.70 Å². The van der Waals surface area contributed by atoms with Gasteiger partial charge in [0, 0.05) is 10.4 Å². The molecule has 1 aliphatic heterocycles. The number of hydrogen-bond donors (Lipinski definition) is 0. The van der Waals surface area contributed by atoms with Crippen molar-refractivity contribution < 1.29 is 9.53 Å². The summed E-state index contributed by atoms with van der Waals surface area (Å²) in [5.74, 6) is -0.0143. The van der Waals surface area contributed by atoms with Crippen LogP contribution in [0.15, 0.2) is 40.3 Å². The van der Waals surface area contributed by atoms with E-state index < -0.39 is 5.97 Å². The highest BCUT2D eigenvalue weighted by Gasteiger charge is 2.24. The number of benzene rings is 1. The molecule has 3 nitrogen and oxygen atoms in total. The SMILES string of the molecule is Cc1ccc(C2=NC(=Cc3sccc3C)C(=O)O2)cc1C. The highest BCUT2D eigenvalue weighted by Crippen LogP contribution is 2.24. The summed E-state index contributed by atoms with van der Waals surface area (Å²) >= 11 is 1.59. The molecule has 0 N–H and O–H groups in total. The molecule has 4 heteroatoms. The van der Waals surface area contributed by atoms with Crippen LogP contribution in [0.2, 0.25) is 0 Å². The minimum Gasteiger partial charge on any atom is -0.402 e. The van der Waals surface area contributed by atoms with E-state index in [4.69, 9.17) is 4.74 Å². The number of carbonyl (C=O) groups is 1. The third-order valence-corrected chi connectivity index (χ3v) is 4.51. The van der Waals surface area contributed by atoms with Crippen molar-refractivity contribution in [1.29, 1.82) is 0 Å². The Hall–Kier alpha value is -2.20. The summed E-state index contributed by atoms with van der Waals surface area (Å²) in [4.78, 5) is 17.3. The molecule has 1 aromatic heterocycles. The molecule has 106 valence electrons. The van der Waals surface area contributed by atoms with Gasteiger partial charge in [0.1, 0.15) is 0 Å². The van der Waals surface area contributed by atoms with Crippen LogP contribution in [0.1, 0.15) is 27.1 Å². The summed E-state index contributed by atoms with van der Waals surface area (Å²) < 4.78 is 5.29. The molecule has 2 heterocycles. The lowest BCUT2D eigenvalue weighted by atomic mass is 10.1. The Bertz CT molecular complexity index is 784. The minimum atomic E-state index is -0.393. The van der Waals surface area contributed by atoms with Gasteiger partial charge in [-0.25, -0.2) is 9.79 Å². The maximum Gasteiger partial charge on any atom is 0.363 e. The van der Waals surface area contributed by atoms with Crippen molar-refractivity contribution in [3.63, 3.8) is 0 Å². The van der Waals surface area contributed by atoms with E-state index in [0.29, 0.717) is 11.6 Å². The van der Waals surface area contributed by atoms with Crippen molar-refractivity contribution in [2.75, 3.05) is 0 Å². The van der Waals surface area contributed by atoms with Gasteiger partial charge >= 0.3 is 5.97 Å². The predicted molar refractivity (Wildman–Crippen MR) is 85.6 cm³/mol. The summed E-state index contributed by atoms with van der Waals surface area (Å²) in [7, 11) is 0. The highest BCUT2D eigenvalue weighted by molar-refractivity contribution is 7.11. The average molecular weight is 297 g/mol. The second kappa shape index (κ2) is 5.30. The number of aryl methyl sites for hydroxylation is 3. The molecule has 1 aromatic carbocycles. The average Bonchev–Trinajstić information content (AvgIpc) is 3.01. The second-order valence-corrected chi connectivity index (χ2v) is 6.05. The van der Waals surface area contributed by atoms with E-state index in [1.54, 1.807) is 17.4 Å². The summed E-state index contributed by atoms with van der Waals surface area (Å²) in [6.07, 6.45) is 1.79. The van der Waals surface area contributed by atoms with E-state index in [-0.39, 0.29) is 0 Å². The molecule has 0 atom stereocenters. The van der Waals surface area contributed by atoms with Crippen LogP contribution in [0.3, 0.4) is 0 Å². The van der Waals surface area contributed by atoms with Gasteiger partial charge in [-0.3, -0.25) is 0 Å². The number of esters is 1. The summed E-state index contributed by atoms with van der Waals surface area (Å²) in [5.41, 5.74) is 4.67. The number of ether oxygens (including phenoxy) is 1. The lowest BCUT2D eigenvalue weighted by Crippen LogP contribution is -2.05. The van der Waals surface area contributed by atoms with Crippen LogP contribution in [0.25, 0.3) is 6.08 Å². The van der Waals surface area contributed by atoms with E-state index in [2.05, 4.69) is 4.99 Å². The van der Waals surface area contributed by atoms with Crippen molar-refractivity contribution in [2.45, 2.75) is 20.8 Å². The van der Waals surface area contributed by atoms with Crippen LogP contribution < -0.4 is 0 Å². The van der Waals surface area contributed by atoms with Crippen LogP contribution in [-0.2, 0) is 9.53 Å². The first-order chi connectivity index (χ1) is 10.0. The normalized spacial score (nSPS) is 16.2. The Labute approximate surface area is 127 Å². The summed E-state index contributed by atoms with van der Waals surface area (Å²) in [5, 5.41) is 2.00. The zero-order valence-electron chi connectivity index (χ0n) is 12.1. The number of thiophene rings is 1. The Kier molecular flexibility index (Phi) is 3.47. The van der Waals surface area contributed by atoms with Crippen molar-refractivity contribution in [3.8, 4) is 0 Å². The van der Waals surface area contributed by atoms with Gasteiger partial charge in [0.2, 0.25) is 5.90 Å². The van der Waals surface area contributed by atoms with Crippen LogP contribution >= 0.6 is 11.3 Å². The van der Waals surface area contributed by atoms with Crippen LogP contribution in [-0.4, -0.2) is 11.9 Å². The quantitative estimate of drug-likeness (QED) is 0.620. The van der Waals surface area contributed by atoms with Gasteiger partial charge in [-0.15, -0.1) is 11.3 Å². The fourth-order valence-electron chi connectivity index (χ4n) is 2.06. The lowest BCUT2D eigenvalue weighted by Gasteiger charge is -2.03. The zero-order chi connectivity index (χ0) is 15.0. The number of rotatable bonds is 2. The van der Waals surface area contributed by atoms with Crippen LogP contribution in [0.4, 0.5) is 0 Å². The van der Waals surface area contributed by atoms with Gasteiger partial charge in [0.25, 0.3) is 0 Å². The molecule has 0 radical (unpaired) electrons. The molecule has 21 heavy (non-hydrogen) atoms. The number of carbonyl (C=O) groups excluding carboxylic acids is 1. The molecule has 0 spiro atoms. The third-order valence-electron chi connectivity index (χ3n) is 3.54. The minimum absolute atomic E-state index is 0.355. The predicted octanol–water partition coefficient (Wildman–Crippen LogP) is 4.02. The molecular formula is C17H15NO2S. The van der Waals surface area contributed by atoms with Crippen molar-refractivity contribution in [2.24, 2.45) is 4.99 Å². The van der Waals surface area contributed by atoms with Gasteiger partial charge < -0.3 is 4.74 Å². The molecule has 0 aliphatic carbocycles. The fraction of sp³-hybridized carbons (Fsp3) is 0.176. The standard InChI is InChI=1S/C17H15NO2S/c1-10-4-5-13(8-12(10)3)16-18-14(17(19)20-16)9-15-11(2)6-7-21-15/h4-9H,1-3H3. The van der Waals surface area contributed by atoms with Gasteiger partial charge in [-0.1, -0.05) is 6.07 Å². The van der Waals surface area contributed by atoms with Crippen LogP contribution in [0.5, 0.6) is 0 Å². The topological polar surface area (TPSA) is 38.7 Å². The molecule has 0 bridgehead atoms. The number of hydrogen-bond acceptors (Lipinski definition) is 4. The molecule has 3 rings (SSSR count). The molecule has 0 amide bonds. The maximum absolute atomic E-state index is 11.9. The molecule has 0 fully saturated rings. The van der Waals surface area contributed by atoms with Crippen molar-refractivity contribution in [1.82, 2.24) is 0 Å². The first kappa shape index (κ1) is 13.8. The van der Waals surface area contributed by atoms with Crippen LogP contribution in [0, 0.1) is 20.8 Å². The Morgan fingerprint density at radius 2 is 1.90 bits per heavy atom. The smallest absolute Gasteiger partial charge is 0.363 e. The lowest BCUT2D eigenvalue weighted by molar-refractivity contribution is -0.129. The number of nitrogens with zero attached hydrogens (tertiary/aromatic N) is 1. The van der Waals surface area contributed by atoms with Crippen molar-refractivity contribution >= 4 is 29.3 Å². The fourth-order valence-corrected chi connectivity index (χ4v) is 2.92. The number of cyclic esters (lactones) is 1. The summed E-state index contributed by atoms with van der Waals surface area (Å²) in [6.45, 7) is 6.09. The molecular weight excluding hydrogens is 282 g/mol. The Morgan fingerprint density at radius 1 is 1.10 bits per heavy atom. The molecule has 2 aromatic rings. The van der Waals surface area contributed by atoms with Gasteiger partial charge in [-0.05, 0) is 67.1 Å². The van der Waals surface area contributed by atoms with E-state index in [9.17, 15) is 4.79 Å². The third kappa shape index (κ3) is 2.67. The highest BCUT2D eigenvalue weighted by atomic mass is 32.1. The molecule has 0 saturated carbocycles. The first-order valence-electron chi connectivity index (χ1n) is 6.69. The Balaban J connectivity index is 1.97. The van der Waals surface area contributed by atoms with E-state index >= 15 is 0 Å². The van der Waals surface area contributed by atoms with E-state index in [1.165, 1.54) is 5.56 Å². The molecule has 0 saturated heterocycles. The summed E-state index contributed by atoms with van der Waals surface area (Å²) in [6, 6.07) is 7.94. The largest absolute Gasteiger partial charge is 0.402 e. The van der Waals surface area contributed by atoms with E-state index in [1.807, 2.05) is 50.4 Å². The van der Waals surface area contributed by atoms with Gasteiger partial charge in [0.05, 0.1) is 0 Å².